The molecule has 0 aromatic heterocycles. The third-order valence-corrected chi connectivity index (χ3v) is 4.07. The second kappa shape index (κ2) is 5.20. The molecule has 0 bridgehead atoms. The van der Waals surface area contributed by atoms with Crippen LogP contribution in [0, 0.1) is 20.8 Å². The van der Waals surface area contributed by atoms with Crippen molar-refractivity contribution >= 4 is 19.7 Å². The summed E-state index contributed by atoms with van der Waals surface area (Å²) in [6.07, 6.45) is -4.45. The number of alkyl halides is 3. The quantitative estimate of drug-likeness (QED) is 0.802. The monoisotopic (exact) mass is 316 g/mol. The Morgan fingerprint density at radius 3 is 2.16 bits per heavy atom. The minimum absolute atomic E-state index is 0.0268. The molecule has 0 fully saturated rings. The van der Waals surface area contributed by atoms with Gasteiger partial charge in [0.1, 0.15) is 5.75 Å². The topological polar surface area (TPSA) is 43.4 Å². The van der Waals surface area contributed by atoms with Crippen LogP contribution >= 0.6 is 10.7 Å². The zero-order chi connectivity index (χ0) is 15.0. The summed E-state index contributed by atoms with van der Waals surface area (Å²) in [5, 5.41) is 0. The van der Waals surface area contributed by atoms with Gasteiger partial charge in [0, 0.05) is 10.7 Å². The van der Waals surface area contributed by atoms with E-state index >= 15 is 0 Å². The average Bonchev–Trinajstić information content (AvgIpc) is 2.20. The fourth-order valence-corrected chi connectivity index (χ4v) is 2.97. The molecule has 0 spiro atoms. The van der Waals surface area contributed by atoms with Crippen molar-refractivity contribution in [3.63, 3.8) is 0 Å². The molecule has 1 rings (SSSR count). The van der Waals surface area contributed by atoms with Gasteiger partial charge in [-0.25, -0.2) is 8.42 Å². The Balaban J connectivity index is 3.28. The van der Waals surface area contributed by atoms with Gasteiger partial charge >= 0.3 is 6.18 Å². The van der Waals surface area contributed by atoms with Gasteiger partial charge in [-0.3, -0.25) is 0 Å². The van der Waals surface area contributed by atoms with Crippen molar-refractivity contribution in [3.8, 4) is 5.75 Å². The summed E-state index contributed by atoms with van der Waals surface area (Å²) in [6, 6.07) is 1.20. The average molecular weight is 317 g/mol. The molecule has 0 saturated heterocycles. The molecule has 0 radical (unpaired) electrons. The lowest BCUT2D eigenvalue weighted by Gasteiger charge is -2.17. The number of rotatable bonds is 3. The molecular weight excluding hydrogens is 305 g/mol. The van der Waals surface area contributed by atoms with Gasteiger partial charge in [0.25, 0.3) is 9.05 Å². The molecule has 0 N–H and O–H groups in total. The van der Waals surface area contributed by atoms with Crippen LogP contribution in [0.4, 0.5) is 13.2 Å². The maximum atomic E-state index is 12.1. The molecule has 1 aromatic rings. The number of benzene rings is 1. The number of hydrogen-bond acceptors (Lipinski definition) is 3. The summed E-state index contributed by atoms with van der Waals surface area (Å²) in [4.78, 5) is -0.122. The minimum atomic E-state index is -4.45. The first-order valence-corrected chi connectivity index (χ1v) is 7.49. The maximum absolute atomic E-state index is 12.1. The summed E-state index contributed by atoms with van der Waals surface area (Å²) < 4.78 is 63.8. The Kier molecular flexibility index (Phi) is 4.41. The first kappa shape index (κ1) is 16.1. The normalized spacial score (nSPS) is 12.6. The highest BCUT2D eigenvalue weighted by atomic mass is 35.7. The van der Waals surface area contributed by atoms with Gasteiger partial charge in [-0.15, -0.1) is 0 Å². The summed E-state index contributed by atoms with van der Waals surface area (Å²) in [7, 11) is 1.32. The highest BCUT2D eigenvalue weighted by Gasteiger charge is 2.29. The molecule has 0 aliphatic rings. The highest BCUT2D eigenvalue weighted by molar-refractivity contribution is 8.13. The van der Waals surface area contributed by atoms with Crippen molar-refractivity contribution in [1.82, 2.24) is 0 Å². The zero-order valence-corrected chi connectivity index (χ0v) is 12.0. The lowest BCUT2D eigenvalue weighted by molar-refractivity contribution is -0.153. The summed E-state index contributed by atoms with van der Waals surface area (Å²) in [6.45, 7) is 2.98. The molecule has 8 heteroatoms. The van der Waals surface area contributed by atoms with Gasteiger partial charge in [0.15, 0.2) is 6.61 Å². The Bertz CT molecular complexity index is 594. The Labute approximate surface area is 113 Å². The third-order valence-electron chi connectivity index (χ3n) is 2.62. The second-order valence-electron chi connectivity index (χ2n) is 4.11. The summed E-state index contributed by atoms with van der Waals surface area (Å²) in [5.41, 5.74) is 0.882. The van der Waals surface area contributed by atoms with E-state index in [2.05, 4.69) is 0 Å². The Morgan fingerprint density at radius 2 is 1.74 bits per heavy atom. The van der Waals surface area contributed by atoms with E-state index in [0.717, 1.165) is 0 Å². The van der Waals surface area contributed by atoms with Crippen LogP contribution in [0.25, 0.3) is 0 Å². The SMILES string of the molecule is Cc1cc(S(=O)(=O)Cl)c(C)c(C)c1OCC(F)(F)F. The predicted octanol–water partition coefficient (Wildman–Crippen LogP) is 3.48. The molecule has 108 valence electrons. The largest absolute Gasteiger partial charge is 0.484 e. The smallest absolute Gasteiger partial charge is 0.422 e. The van der Waals surface area contributed by atoms with Crippen molar-refractivity contribution in [2.24, 2.45) is 0 Å². The van der Waals surface area contributed by atoms with Crippen LogP contribution in [-0.4, -0.2) is 21.2 Å². The first-order valence-electron chi connectivity index (χ1n) is 5.18. The van der Waals surface area contributed by atoms with E-state index < -0.39 is 21.8 Å². The van der Waals surface area contributed by atoms with E-state index in [0.29, 0.717) is 5.56 Å². The van der Waals surface area contributed by atoms with E-state index in [-0.39, 0.29) is 21.8 Å². The number of halogens is 4. The van der Waals surface area contributed by atoms with Crippen molar-refractivity contribution in [2.45, 2.75) is 31.8 Å². The van der Waals surface area contributed by atoms with E-state index in [1.54, 1.807) is 0 Å². The molecule has 0 atom stereocenters. The van der Waals surface area contributed by atoms with E-state index in [1.165, 1.54) is 26.8 Å². The van der Waals surface area contributed by atoms with E-state index in [4.69, 9.17) is 15.4 Å². The van der Waals surface area contributed by atoms with Crippen LogP contribution in [0.15, 0.2) is 11.0 Å². The molecule has 0 aliphatic heterocycles. The Hall–Kier alpha value is -0.950. The molecular formula is C11H12ClF3O3S. The van der Waals surface area contributed by atoms with Crippen molar-refractivity contribution in [3.05, 3.63) is 22.8 Å². The number of hydrogen-bond donors (Lipinski definition) is 0. The fourth-order valence-electron chi connectivity index (χ4n) is 1.65. The van der Waals surface area contributed by atoms with E-state index in [9.17, 15) is 21.6 Å². The van der Waals surface area contributed by atoms with Gasteiger partial charge in [-0.2, -0.15) is 13.2 Å². The fraction of sp³-hybridized carbons (Fsp3) is 0.455. The molecule has 19 heavy (non-hydrogen) atoms. The van der Waals surface area contributed by atoms with Crippen LogP contribution in [0.5, 0.6) is 5.75 Å². The summed E-state index contributed by atoms with van der Waals surface area (Å²) >= 11 is 0. The first-order chi connectivity index (χ1) is 8.43. The molecule has 0 amide bonds. The van der Waals surface area contributed by atoms with Crippen molar-refractivity contribution in [2.75, 3.05) is 6.61 Å². The highest BCUT2D eigenvalue weighted by Crippen LogP contribution is 2.33. The molecule has 3 nitrogen and oxygen atoms in total. The number of ether oxygens (including phenoxy) is 1. The van der Waals surface area contributed by atoms with Gasteiger partial charge in [-0.1, -0.05) is 0 Å². The van der Waals surface area contributed by atoms with Crippen LogP contribution in [0.3, 0.4) is 0 Å². The van der Waals surface area contributed by atoms with Crippen molar-refractivity contribution < 1.29 is 26.3 Å². The molecule has 0 heterocycles. The lowest BCUT2D eigenvalue weighted by Crippen LogP contribution is -2.20. The number of aryl methyl sites for hydroxylation is 1. The second-order valence-corrected chi connectivity index (χ2v) is 6.65. The van der Waals surface area contributed by atoms with Crippen LogP contribution < -0.4 is 4.74 Å². The molecule has 1 aromatic carbocycles. The van der Waals surface area contributed by atoms with Gasteiger partial charge in [0.05, 0.1) is 4.90 Å². The van der Waals surface area contributed by atoms with Crippen LogP contribution in [0.2, 0.25) is 0 Å². The van der Waals surface area contributed by atoms with Crippen LogP contribution in [0.1, 0.15) is 16.7 Å². The molecule has 0 unspecified atom stereocenters. The van der Waals surface area contributed by atoms with Crippen LogP contribution in [-0.2, 0) is 9.05 Å². The molecule has 0 aliphatic carbocycles. The maximum Gasteiger partial charge on any atom is 0.422 e. The molecule has 0 saturated carbocycles. The van der Waals surface area contributed by atoms with Gasteiger partial charge in [-0.05, 0) is 43.5 Å². The van der Waals surface area contributed by atoms with E-state index in [1.807, 2.05) is 0 Å². The van der Waals surface area contributed by atoms with Gasteiger partial charge < -0.3 is 4.74 Å². The lowest BCUT2D eigenvalue weighted by atomic mass is 10.1. The third kappa shape index (κ3) is 4.01. The predicted molar refractivity (Wildman–Crippen MR) is 65.2 cm³/mol. The zero-order valence-electron chi connectivity index (χ0n) is 10.4. The summed E-state index contributed by atoms with van der Waals surface area (Å²) in [5.74, 6) is 0.0268. The standard InChI is InChI=1S/C11H12ClF3O3S/c1-6-4-9(19(12,16)17)7(2)8(3)10(6)18-5-11(13,14)15/h4H,5H2,1-3H3. The Morgan fingerprint density at radius 1 is 1.21 bits per heavy atom. The van der Waals surface area contributed by atoms with Crippen molar-refractivity contribution in [1.29, 1.82) is 0 Å². The van der Waals surface area contributed by atoms with Gasteiger partial charge in [0.2, 0.25) is 0 Å². The minimum Gasteiger partial charge on any atom is -0.484 e.